The van der Waals surface area contributed by atoms with Gasteiger partial charge in [0.1, 0.15) is 6.73 Å². The molecule has 3 rings (SSSR count). The first-order valence-electron chi connectivity index (χ1n) is 11.9. The third kappa shape index (κ3) is 11.3. The van der Waals surface area contributed by atoms with Crippen LogP contribution < -0.4 is 0 Å². The van der Waals surface area contributed by atoms with Gasteiger partial charge in [-0.25, -0.2) is 0 Å². The molecule has 0 bridgehead atoms. The van der Waals surface area contributed by atoms with Crippen LogP contribution in [-0.2, 0) is 11.3 Å². The van der Waals surface area contributed by atoms with E-state index in [1.54, 1.807) is 11.3 Å². The number of aromatic nitrogens is 2. The van der Waals surface area contributed by atoms with Crippen LogP contribution in [-0.4, -0.2) is 42.3 Å². The van der Waals surface area contributed by atoms with Crippen LogP contribution in [0.25, 0.3) is 12.2 Å². The van der Waals surface area contributed by atoms with Crippen molar-refractivity contribution in [3.63, 3.8) is 0 Å². The molecular weight excluding hydrogens is 437 g/mol. The second kappa shape index (κ2) is 16.7. The Balaban J connectivity index is 0.00000129. The molecule has 0 aliphatic carbocycles. The van der Waals surface area contributed by atoms with E-state index in [4.69, 9.17) is 4.74 Å². The van der Waals surface area contributed by atoms with Gasteiger partial charge in [-0.3, -0.25) is 4.68 Å². The molecule has 0 fully saturated rings. The van der Waals surface area contributed by atoms with Gasteiger partial charge in [0.05, 0.1) is 5.69 Å². The summed E-state index contributed by atoms with van der Waals surface area (Å²) in [5.41, 5.74) is 3.27. The van der Waals surface area contributed by atoms with Gasteiger partial charge in [-0.05, 0) is 54.2 Å². The zero-order valence-corrected chi connectivity index (χ0v) is 21.6. The maximum absolute atomic E-state index is 5.78. The van der Waals surface area contributed by atoms with Crippen LogP contribution in [0.2, 0.25) is 0 Å². The third-order valence-electron chi connectivity index (χ3n) is 4.64. The molecule has 34 heavy (non-hydrogen) atoms. The molecule has 1 aliphatic heterocycles. The molecule has 0 unspecified atom stereocenters. The van der Waals surface area contributed by atoms with Crippen molar-refractivity contribution in [2.24, 2.45) is 0 Å². The van der Waals surface area contributed by atoms with Gasteiger partial charge in [-0.2, -0.15) is 5.10 Å². The zero-order valence-electron chi connectivity index (χ0n) is 20.8. The predicted molar refractivity (Wildman–Crippen MR) is 150 cm³/mol. The number of rotatable bonds is 13. The van der Waals surface area contributed by atoms with Crippen molar-refractivity contribution in [1.29, 1.82) is 0 Å². The van der Waals surface area contributed by atoms with E-state index < -0.39 is 0 Å². The minimum atomic E-state index is 0.562. The van der Waals surface area contributed by atoms with E-state index in [2.05, 4.69) is 74.6 Å². The van der Waals surface area contributed by atoms with Crippen molar-refractivity contribution < 1.29 is 4.74 Å². The van der Waals surface area contributed by atoms with Crippen LogP contribution in [0.15, 0.2) is 90.0 Å². The van der Waals surface area contributed by atoms with Crippen molar-refractivity contribution in [1.82, 2.24) is 14.7 Å². The second-order valence-corrected chi connectivity index (χ2v) is 8.96. The minimum absolute atomic E-state index is 0.562. The first-order chi connectivity index (χ1) is 16.6. The van der Waals surface area contributed by atoms with Crippen molar-refractivity contribution in [2.75, 3.05) is 20.4 Å². The standard InChI is InChI=1S/C25H29BN3OS.C3H8/c1-22(9-10-23-7-5-15-26-23)14-18-28(2)21-30-19-4-3-17-29-24(13-16-27-29)11-12-25-8-6-20-31-25;1-3-2/h5-16,18,20H,1,3-4,17,19,21H2,2H3;3H2,1-2H3/b10-9+,12-11+,18-14-;. The highest BCUT2D eigenvalue weighted by Gasteiger charge is 2.00. The van der Waals surface area contributed by atoms with Crippen LogP contribution in [0, 0.1) is 0 Å². The molecule has 6 heteroatoms. The number of hydrogen-bond acceptors (Lipinski definition) is 4. The highest BCUT2D eigenvalue weighted by Crippen LogP contribution is 2.13. The van der Waals surface area contributed by atoms with E-state index in [1.165, 1.54) is 16.8 Å². The number of aryl methyl sites for hydroxylation is 1. The van der Waals surface area contributed by atoms with Gasteiger partial charge in [-0.1, -0.05) is 62.7 Å². The molecule has 4 nitrogen and oxygen atoms in total. The number of thiophene rings is 1. The molecule has 1 aliphatic rings. The summed E-state index contributed by atoms with van der Waals surface area (Å²) in [6, 6.07) is 6.22. The van der Waals surface area contributed by atoms with Gasteiger partial charge in [0.2, 0.25) is 0 Å². The summed E-state index contributed by atoms with van der Waals surface area (Å²) < 4.78 is 7.83. The Morgan fingerprint density at radius 3 is 2.79 bits per heavy atom. The molecule has 2 aromatic heterocycles. The summed E-state index contributed by atoms with van der Waals surface area (Å²) in [5.74, 6) is 2.03. The molecule has 179 valence electrons. The first-order valence-corrected chi connectivity index (χ1v) is 12.8. The van der Waals surface area contributed by atoms with Gasteiger partial charge in [0.15, 0.2) is 7.28 Å². The quantitative estimate of drug-likeness (QED) is 0.136. The van der Waals surface area contributed by atoms with Gasteiger partial charge in [-0.15, -0.1) is 17.3 Å². The van der Waals surface area contributed by atoms with Crippen LogP contribution in [0.4, 0.5) is 0 Å². The van der Waals surface area contributed by atoms with Crippen LogP contribution in [0.1, 0.15) is 43.7 Å². The summed E-state index contributed by atoms with van der Waals surface area (Å²) in [7, 11) is 4.07. The molecule has 0 saturated heterocycles. The van der Waals surface area contributed by atoms with Crippen molar-refractivity contribution >= 4 is 30.8 Å². The van der Waals surface area contributed by atoms with E-state index in [0.717, 1.165) is 37.3 Å². The van der Waals surface area contributed by atoms with Crippen molar-refractivity contribution in [3.8, 4) is 0 Å². The topological polar surface area (TPSA) is 30.3 Å². The highest BCUT2D eigenvalue weighted by molar-refractivity contribution is 7.10. The second-order valence-electron chi connectivity index (χ2n) is 7.98. The maximum Gasteiger partial charge on any atom is 0.181 e. The first kappa shape index (κ1) is 27.4. The maximum atomic E-state index is 5.78. The lowest BCUT2D eigenvalue weighted by Crippen LogP contribution is -2.16. The van der Waals surface area contributed by atoms with E-state index in [9.17, 15) is 0 Å². The zero-order chi connectivity index (χ0) is 24.4. The molecule has 1 radical (unpaired) electrons. The molecule has 3 heterocycles. The van der Waals surface area contributed by atoms with E-state index in [1.807, 2.05) is 59.3 Å². The van der Waals surface area contributed by atoms with E-state index in [0.29, 0.717) is 6.73 Å². The molecule has 0 aromatic carbocycles. The molecule has 0 N–H and O–H groups in total. The highest BCUT2D eigenvalue weighted by atomic mass is 32.1. The molecule has 0 saturated carbocycles. The minimum Gasteiger partial charge on any atom is -0.361 e. The molecule has 0 atom stereocenters. The fourth-order valence-electron chi connectivity index (χ4n) is 2.92. The summed E-state index contributed by atoms with van der Waals surface area (Å²) in [6.07, 6.45) is 21.6. The largest absolute Gasteiger partial charge is 0.361 e. The Morgan fingerprint density at radius 1 is 1.21 bits per heavy atom. The lowest BCUT2D eigenvalue weighted by atomic mass is 9.73. The number of ether oxygens (including phenoxy) is 1. The summed E-state index contributed by atoms with van der Waals surface area (Å²) >= 11 is 1.74. The lowest BCUT2D eigenvalue weighted by molar-refractivity contribution is 0.0632. The molecule has 2 aromatic rings. The SMILES string of the molecule is C=C(/C=C\N(C)COCCCCn1nccc1/C=C/c1cccs1)/C=C/C1=CC=C[B]1.CCC. The average molecular weight is 475 g/mol. The fourth-order valence-corrected chi connectivity index (χ4v) is 3.54. The molecule has 0 amide bonds. The summed E-state index contributed by atoms with van der Waals surface area (Å²) in [5, 5.41) is 6.52. The van der Waals surface area contributed by atoms with E-state index >= 15 is 0 Å². The number of unbranched alkanes of at least 4 members (excludes halogenated alkanes) is 1. The lowest BCUT2D eigenvalue weighted by Gasteiger charge is -2.14. The molecule has 0 spiro atoms. The Bertz CT molecular complexity index is 983. The van der Waals surface area contributed by atoms with Crippen LogP contribution in [0.3, 0.4) is 0 Å². The normalized spacial score (nSPS) is 12.9. The number of nitrogens with zero attached hydrogens (tertiary/aromatic N) is 3. The third-order valence-corrected chi connectivity index (χ3v) is 5.47. The van der Waals surface area contributed by atoms with Gasteiger partial charge < -0.3 is 9.64 Å². The predicted octanol–water partition coefficient (Wildman–Crippen LogP) is 6.96. The van der Waals surface area contributed by atoms with Crippen molar-refractivity contribution in [3.05, 3.63) is 101 Å². The van der Waals surface area contributed by atoms with E-state index in [-0.39, 0.29) is 0 Å². The van der Waals surface area contributed by atoms with Crippen molar-refractivity contribution in [2.45, 2.75) is 39.7 Å². The average Bonchev–Trinajstić information content (AvgIpc) is 3.61. The Kier molecular flexibility index (Phi) is 13.5. The smallest absolute Gasteiger partial charge is 0.181 e. The fraction of sp³-hybridized carbons (Fsp3) is 0.321. The van der Waals surface area contributed by atoms with Crippen LogP contribution >= 0.6 is 11.3 Å². The Hall–Kier alpha value is -2.83. The van der Waals surface area contributed by atoms with Crippen LogP contribution in [0.5, 0.6) is 0 Å². The molecular formula is C28H37BN3OS. The van der Waals surface area contributed by atoms with Gasteiger partial charge in [0, 0.05) is 37.5 Å². The summed E-state index contributed by atoms with van der Waals surface area (Å²) in [4.78, 5) is 3.27. The Morgan fingerprint density at radius 2 is 2.06 bits per heavy atom. The van der Waals surface area contributed by atoms with Gasteiger partial charge in [0.25, 0.3) is 0 Å². The Labute approximate surface area is 210 Å². The monoisotopic (exact) mass is 474 g/mol. The number of hydrogen-bond donors (Lipinski definition) is 0. The number of allylic oxidation sites excluding steroid dienone is 7. The summed E-state index contributed by atoms with van der Waals surface area (Å²) in [6.45, 7) is 10.5. The van der Waals surface area contributed by atoms with Gasteiger partial charge >= 0.3 is 0 Å².